The van der Waals surface area contributed by atoms with Crippen molar-refractivity contribution in [3.05, 3.63) is 0 Å². The Morgan fingerprint density at radius 1 is 0.875 bits per heavy atom. The summed E-state index contributed by atoms with van der Waals surface area (Å²) in [6, 6.07) is 0. The van der Waals surface area contributed by atoms with Crippen LogP contribution in [-0.2, 0) is 0 Å². The van der Waals surface area contributed by atoms with Crippen molar-refractivity contribution in [2.24, 2.45) is 11.7 Å². The van der Waals surface area contributed by atoms with Gasteiger partial charge in [-0.25, -0.2) is 0 Å². The molecule has 1 unspecified atom stereocenters. The van der Waals surface area contributed by atoms with Gasteiger partial charge in [0, 0.05) is 5.54 Å². The van der Waals surface area contributed by atoms with Crippen molar-refractivity contribution in [1.29, 1.82) is 0 Å². The van der Waals surface area contributed by atoms with Gasteiger partial charge in [-0.1, -0.05) is 59.3 Å². The van der Waals surface area contributed by atoms with Crippen LogP contribution in [0.1, 0.15) is 85.5 Å². The third kappa shape index (κ3) is 6.52. The van der Waals surface area contributed by atoms with Gasteiger partial charge >= 0.3 is 0 Å². The summed E-state index contributed by atoms with van der Waals surface area (Å²) in [5.74, 6) is 0.735. The topological polar surface area (TPSA) is 26.0 Å². The molecule has 0 aromatic carbocycles. The molecule has 0 rings (SSSR count). The summed E-state index contributed by atoms with van der Waals surface area (Å²) >= 11 is 0. The molecular formula is C15H33N. The molecule has 1 heteroatoms. The minimum absolute atomic E-state index is 0.0698. The molecule has 2 N–H and O–H groups in total. The Labute approximate surface area is 103 Å². The maximum Gasteiger partial charge on any atom is 0.0154 e. The fourth-order valence-electron chi connectivity index (χ4n) is 2.47. The van der Waals surface area contributed by atoms with E-state index >= 15 is 0 Å². The Morgan fingerprint density at radius 2 is 1.31 bits per heavy atom. The lowest BCUT2D eigenvalue weighted by Gasteiger charge is -2.35. The molecule has 0 saturated heterocycles. The van der Waals surface area contributed by atoms with Crippen molar-refractivity contribution >= 4 is 0 Å². The van der Waals surface area contributed by atoms with E-state index in [9.17, 15) is 0 Å². The Morgan fingerprint density at radius 3 is 1.69 bits per heavy atom. The van der Waals surface area contributed by atoms with Crippen LogP contribution in [0.15, 0.2) is 0 Å². The highest BCUT2D eigenvalue weighted by atomic mass is 14.7. The first-order valence-electron chi connectivity index (χ1n) is 7.37. The molecule has 0 fully saturated rings. The average molecular weight is 227 g/mol. The van der Waals surface area contributed by atoms with Gasteiger partial charge in [-0.2, -0.15) is 0 Å². The number of hydrogen-bond donors (Lipinski definition) is 1. The van der Waals surface area contributed by atoms with E-state index < -0.39 is 0 Å². The van der Waals surface area contributed by atoms with Gasteiger partial charge < -0.3 is 5.73 Å². The quantitative estimate of drug-likeness (QED) is 0.565. The van der Waals surface area contributed by atoms with Crippen molar-refractivity contribution < 1.29 is 0 Å². The van der Waals surface area contributed by atoms with Gasteiger partial charge in [0.2, 0.25) is 0 Å². The molecule has 0 heterocycles. The zero-order valence-corrected chi connectivity index (χ0v) is 12.0. The van der Waals surface area contributed by atoms with Crippen LogP contribution in [0.4, 0.5) is 0 Å². The monoisotopic (exact) mass is 227 g/mol. The lowest BCUT2D eigenvalue weighted by molar-refractivity contribution is 0.232. The first kappa shape index (κ1) is 16.0. The fraction of sp³-hybridized carbons (Fsp3) is 1.00. The molecule has 0 aromatic rings. The molecule has 0 amide bonds. The highest BCUT2D eigenvalue weighted by Gasteiger charge is 2.28. The predicted molar refractivity (Wildman–Crippen MR) is 74.7 cm³/mol. The van der Waals surface area contributed by atoms with Gasteiger partial charge in [0.1, 0.15) is 0 Å². The minimum atomic E-state index is 0.0698. The third-order valence-corrected chi connectivity index (χ3v) is 3.81. The number of rotatable bonds is 10. The summed E-state index contributed by atoms with van der Waals surface area (Å²) in [7, 11) is 0. The second kappa shape index (κ2) is 9.04. The Balaban J connectivity index is 4.20. The van der Waals surface area contributed by atoms with Crippen LogP contribution in [-0.4, -0.2) is 5.54 Å². The van der Waals surface area contributed by atoms with E-state index in [4.69, 9.17) is 5.73 Å². The van der Waals surface area contributed by atoms with Gasteiger partial charge in [0.05, 0.1) is 0 Å². The molecule has 0 bridgehead atoms. The van der Waals surface area contributed by atoms with E-state index in [-0.39, 0.29) is 5.54 Å². The summed E-state index contributed by atoms with van der Waals surface area (Å²) in [5, 5.41) is 0. The van der Waals surface area contributed by atoms with Gasteiger partial charge in [0.15, 0.2) is 0 Å². The first-order valence-corrected chi connectivity index (χ1v) is 7.37. The molecule has 0 aliphatic carbocycles. The minimum Gasteiger partial charge on any atom is -0.325 e. The number of nitrogens with two attached hydrogens (primary N) is 1. The Kier molecular flexibility index (Phi) is 9.02. The van der Waals surface area contributed by atoms with Crippen molar-refractivity contribution in [3.8, 4) is 0 Å². The highest BCUT2D eigenvalue weighted by Crippen LogP contribution is 2.29. The van der Waals surface area contributed by atoms with E-state index in [2.05, 4.69) is 27.7 Å². The molecule has 0 spiro atoms. The lowest BCUT2D eigenvalue weighted by Crippen LogP contribution is -2.44. The molecule has 0 aromatic heterocycles. The van der Waals surface area contributed by atoms with Crippen LogP contribution in [0.3, 0.4) is 0 Å². The van der Waals surface area contributed by atoms with Crippen molar-refractivity contribution in [2.75, 3.05) is 0 Å². The highest BCUT2D eigenvalue weighted by molar-refractivity contribution is 4.86. The summed E-state index contributed by atoms with van der Waals surface area (Å²) in [5.41, 5.74) is 6.60. The van der Waals surface area contributed by atoms with E-state index in [1.165, 1.54) is 57.8 Å². The van der Waals surface area contributed by atoms with Crippen LogP contribution in [0.2, 0.25) is 0 Å². The first-order chi connectivity index (χ1) is 7.58. The number of hydrogen-bond acceptors (Lipinski definition) is 1. The van der Waals surface area contributed by atoms with Crippen LogP contribution < -0.4 is 5.73 Å². The zero-order chi connectivity index (χ0) is 12.4. The maximum atomic E-state index is 6.53. The molecule has 0 aliphatic heterocycles. The molecule has 0 aliphatic rings. The molecule has 1 nitrogen and oxygen atoms in total. The van der Waals surface area contributed by atoms with Crippen LogP contribution >= 0.6 is 0 Å². The van der Waals surface area contributed by atoms with Gasteiger partial charge in [-0.3, -0.25) is 0 Å². The molecular weight excluding hydrogens is 194 g/mol. The zero-order valence-electron chi connectivity index (χ0n) is 12.0. The second-order valence-corrected chi connectivity index (χ2v) is 5.59. The third-order valence-electron chi connectivity index (χ3n) is 3.81. The van der Waals surface area contributed by atoms with Gasteiger partial charge in [-0.15, -0.1) is 0 Å². The normalized spacial score (nSPS) is 15.4. The smallest absolute Gasteiger partial charge is 0.0154 e. The van der Waals surface area contributed by atoms with Crippen LogP contribution in [0.5, 0.6) is 0 Å². The molecule has 0 saturated carbocycles. The SMILES string of the molecule is CCCCC(CCCC)C(C)(N)CCCC. The second-order valence-electron chi connectivity index (χ2n) is 5.59. The summed E-state index contributed by atoms with van der Waals surface area (Å²) in [6.07, 6.45) is 11.7. The lowest BCUT2D eigenvalue weighted by atomic mass is 9.77. The van der Waals surface area contributed by atoms with E-state index in [1.54, 1.807) is 0 Å². The summed E-state index contributed by atoms with van der Waals surface area (Å²) < 4.78 is 0. The van der Waals surface area contributed by atoms with Crippen molar-refractivity contribution in [1.82, 2.24) is 0 Å². The summed E-state index contributed by atoms with van der Waals surface area (Å²) in [4.78, 5) is 0. The Hall–Kier alpha value is -0.0400. The van der Waals surface area contributed by atoms with Crippen molar-refractivity contribution in [2.45, 2.75) is 91.0 Å². The van der Waals surface area contributed by atoms with E-state index in [1.807, 2.05) is 0 Å². The van der Waals surface area contributed by atoms with E-state index in [0.29, 0.717) is 0 Å². The molecule has 0 radical (unpaired) electrons. The van der Waals surface area contributed by atoms with Gasteiger partial charge in [-0.05, 0) is 32.1 Å². The summed E-state index contributed by atoms with van der Waals surface area (Å²) in [6.45, 7) is 9.08. The van der Waals surface area contributed by atoms with Crippen molar-refractivity contribution in [3.63, 3.8) is 0 Å². The van der Waals surface area contributed by atoms with Crippen LogP contribution in [0.25, 0.3) is 0 Å². The molecule has 98 valence electrons. The van der Waals surface area contributed by atoms with Gasteiger partial charge in [0.25, 0.3) is 0 Å². The molecule has 1 atom stereocenters. The van der Waals surface area contributed by atoms with Crippen LogP contribution in [0, 0.1) is 5.92 Å². The average Bonchev–Trinajstić information content (AvgIpc) is 2.26. The largest absolute Gasteiger partial charge is 0.325 e. The molecule has 16 heavy (non-hydrogen) atoms. The standard InChI is InChI=1S/C15H33N/c1-5-8-11-14(12-9-6-2)15(4,16)13-10-7-3/h14H,5-13,16H2,1-4H3. The Bertz CT molecular complexity index is 144. The predicted octanol–water partition coefficient (Wildman–Crippen LogP) is 4.89. The number of unbranched alkanes of at least 4 members (excludes halogenated alkanes) is 3. The maximum absolute atomic E-state index is 6.53. The fourth-order valence-corrected chi connectivity index (χ4v) is 2.47. The van der Waals surface area contributed by atoms with E-state index in [0.717, 1.165) is 5.92 Å².